The SMILES string of the molecule is C=NC1=CCCC2(C1)OCCO2. The molecule has 0 radical (unpaired) electrons. The van der Waals surface area contributed by atoms with Crippen molar-refractivity contribution in [1.29, 1.82) is 0 Å². The Hall–Kier alpha value is -0.670. The summed E-state index contributed by atoms with van der Waals surface area (Å²) >= 11 is 0. The number of nitrogens with zero attached hydrogens (tertiary/aromatic N) is 1. The van der Waals surface area contributed by atoms with E-state index in [-0.39, 0.29) is 5.79 Å². The number of hydrogen-bond donors (Lipinski definition) is 0. The largest absolute Gasteiger partial charge is 0.347 e. The van der Waals surface area contributed by atoms with Crippen LogP contribution < -0.4 is 0 Å². The van der Waals surface area contributed by atoms with Gasteiger partial charge < -0.3 is 9.47 Å². The Labute approximate surface area is 72.1 Å². The first-order valence-electron chi connectivity index (χ1n) is 4.28. The van der Waals surface area contributed by atoms with Crippen LogP contribution in [0.15, 0.2) is 16.8 Å². The van der Waals surface area contributed by atoms with E-state index in [1.165, 1.54) is 0 Å². The van der Waals surface area contributed by atoms with Crippen molar-refractivity contribution in [2.75, 3.05) is 13.2 Å². The molecule has 1 spiro atoms. The molecule has 66 valence electrons. The molecule has 3 nitrogen and oxygen atoms in total. The minimum atomic E-state index is -0.356. The molecule has 0 aromatic carbocycles. The quantitative estimate of drug-likeness (QED) is 0.554. The zero-order valence-corrected chi connectivity index (χ0v) is 7.08. The Kier molecular flexibility index (Phi) is 1.98. The molecule has 0 aromatic heterocycles. The van der Waals surface area contributed by atoms with Gasteiger partial charge in [-0.25, -0.2) is 0 Å². The lowest BCUT2D eigenvalue weighted by atomic mass is 9.98. The van der Waals surface area contributed by atoms with Crippen LogP contribution in [0.1, 0.15) is 19.3 Å². The van der Waals surface area contributed by atoms with E-state index < -0.39 is 0 Å². The van der Waals surface area contributed by atoms with Crippen molar-refractivity contribution in [1.82, 2.24) is 0 Å². The van der Waals surface area contributed by atoms with E-state index in [0.717, 1.165) is 25.0 Å². The topological polar surface area (TPSA) is 30.8 Å². The minimum absolute atomic E-state index is 0.356. The van der Waals surface area contributed by atoms with Gasteiger partial charge in [-0.2, -0.15) is 0 Å². The fourth-order valence-corrected chi connectivity index (χ4v) is 1.76. The maximum Gasteiger partial charge on any atom is 0.174 e. The van der Waals surface area contributed by atoms with Gasteiger partial charge in [-0.15, -0.1) is 0 Å². The maximum atomic E-state index is 5.56. The Balaban J connectivity index is 2.10. The van der Waals surface area contributed by atoms with E-state index in [0.29, 0.717) is 13.2 Å². The Morgan fingerprint density at radius 3 is 2.83 bits per heavy atom. The highest BCUT2D eigenvalue weighted by Gasteiger charge is 2.38. The molecule has 1 aliphatic carbocycles. The molecule has 0 bridgehead atoms. The van der Waals surface area contributed by atoms with Crippen molar-refractivity contribution in [2.24, 2.45) is 4.99 Å². The van der Waals surface area contributed by atoms with Gasteiger partial charge in [-0.05, 0) is 13.1 Å². The van der Waals surface area contributed by atoms with E-state index in [1.807, 2.05) is 0 Å². The van der Waals surface area contributed by atoms with Crippen LogP contribution in [0.3, 0.4) is 0 Å². The number of ether oxygens (including phenoxy) is 2. The van der Waals surface area contributed by atoms with Crippen molar-refractivity contribution in [3.63, 3.8) is 0 Å². The van der Waals surface area contributed by atoms with Gasteiger partial charge in [-0.3, -0.25) is 4.99 Å². The molecule has 0 atom stereocenters. The third-order valence-electron chi connectivity index (χ3n) is 2.37. The van der Waals surface area contributed by atoms with Gasteiger partial charge in [0.15, 0.2) is 5.79 Å². The number of allylic oxidation sites excluding steroid dienone is 1. The van der Waals surface area contributed by atoms with Crippen LogP contribution in [0.2, 0.25) is 0 Å². The Morgan fingerprint density at radius 2 is 2.17 bits per heavy atom. The third kappa shape index (κ3) is 1.30. The van der Waals surface area contributed by atoms with E-state index in [1.54, 1.807) is 0 Å². The van der Waals surface area contributed by atoms with Crippen molar-refractivity contribution >= 4 is 6.72 Å². The van der Waals surface area contributed by atoms with Gasteiger partial charge in [0, 0.05) is 18.5 Å². The number of aliphatic imine (C=N–C) groups is 1. The Bertz CT molecular complexity index is 217. The summed E-state index contributed by atoms with van der Waals surface area (Å²) in [5.41, 5.74) is 1.00. The zero-order chi connectivity index (χ0) is 8.44. The lowest BCUT2D eigenvalue weighted by Crippen LogP contribution is -2.32. The highest BCUT2D eigenvalue weighted by atomic mass is 16.7. The second-order valence-corrected chi connectivity index (χ2v) is 3.18. The molecule has 3 heteroatoms. The van der Waals surface area contributed by atoms with Crippen molar-refractivity contribution < 1.29 is 9.47 Å². The fraction of sp³-hybridized carbons (Fsp3) is 0.667. The summed E-state index contributed by atoms with van der Waals surface area (Å²) in [5.74, 6) is -0.356. The van der Waals surface area contributed by atoms with E-state index in [2.05, 4.69) is 17.8 Å². The van der Waals surface area contributed by atoms with Gasteiger partial charge in [0.2, 0.25) is 0 Å². The average molecular weight is 167 g/mol. The van der Waals surface area contributed by atoms with Crippen LogP contribution in [-0.2, 0) is 9.47 Å². The van der Waals surface area contributed by atoms with Gasteiger partial charge in [0.25, 0.3) is 0 Å². The molecular formula is C9H13NO2. The molecule has 1 fully saturated rings. The van der Waals surface area contributed by atoms with Crippen molar-refractivity contribution in [3.8, 4) is 0 Å². The zero-order valence-electron chi connectivity index (χ0n) is 7.08. The van der Waals surface area contributed by atoms with Crippen LogP contribution in [-0.4, -0.2) is 25.7 Å². The smallest absolute Gasteiger partial charge is 0.174 e. The van der Waals surface area contributed by atoms with Gasteiger partial charge in [0.05, 0.1) is 13.2 Å². The van der Waals surface area contributed by atoms with Gasteiger partial charge in [-0.1, -0.05) is 6.08 Å². The van der Waals surface area contributed by atoms with Crippen LogP contribution in [0.25, 0.3) is 0 Å². The second kappa shape index (κ2) is 2.99. The number of hydrogen-bond acceptors (Lipinski definition) is 3. The summed E-state index contributed by atoms with van der Waals surface area (Å²) in [6, 6.07) is 0. The number of rotatable bonds is 1. The molecule has 1 saturated heterocycles. The molecular weight excluding hydrogens is 154 g/mol. The van der Waals surface area contributed by atoms with Crippen LogP contribution in [0.4, 0.5) is 0 Å². The lowest BCUT2D eigenvalue weighted by molar-refractivity contribution is -0.162. The predicted molar refractivity (Wildman–Crippen MR) is 46.1 cm³/mol. The molecule has 2 aliphatic rings. The molecule has 12 heavy (non-hydrogen) atoms. The second-order valence-electron chi connectivity index (χ2n) is 3.18. The van der Waals surface area contributed by atoms with E-state index in [4.69, 9.17) is 9.47 Å². The molecule has 0 unspecified atom stereocenters. The van der Waals surface area contributed by atoms with E-state index in [9.17, 15) is 0 Å². The van der Waals surface area contributed by atoms with Crippen LogP contribution in [0, 0.1) is 0 Å². The molecule has 0 aromatic rings. The molecule has 1 heterocycles. The summed E-state index contributed by atoms with van der Waals surface area (Å²) in [5, 5.41) is 0. The monoisotopic (exact) mass is 167 g/mol. The van der Waals surface area contributed by atoms with Crippen molar-refractivity contribution in [3.05, 3.63) is 11.8 Å². The standard InChI is InChI=1S/C9H13NO2/c1-10-8-3-2-4-9(7-8)11-5-6-12-9/h3H,1-2,4-7H2. The lowest BCUT2D eigenvalue weighted by Gasteiger charge is -2.29. The summed E-state index contributed by atoms with van der Waals surface area (Å²) in [7, 11) is 0. The Morgan fingerprint density at radius 1 is 1.42 bits per heavy atom. The van der Waals surface area contributed by atoms with Crippen LogP contribution >= 0.6 is 0 Å². The first kappa shape index (κ1) is 7.95. The molecule has 0 N–H and O–H groups in total. The first-order chi connectivity index (χ1) is 5.85. The molecule has 1 aliphatic heterocycles. The first-order valence-corrected chi connectivity index (χ1v) is 4.28. The third-order valence-corrected chi connectivity index (χ3v) is 2.37. The molecule has 2 rings (SSSR count). The summed E-state index contributed by atoms with van der Waals surface area (Å²) in [4.78, 5) is 3.92. The minimum Gasteiger partial charge on any atom is -0.347 e. The van der Waals surface area contributed by atoms with Crippen molar-refractivity contribution in [2.45, 2.75) is 25.0 Å². The summed E-state index contributed by atoms with van der Waals surface area (Å²) in [6.45, 7) is 4.93. The molecule has 0 saturated carbocycles. The predicted octanol–water partition coefficient (Wildman–Crippen LogP) is 1.50. The summed E-state index contributed by atoms with van der Waals surface area (Å²) in [6.07, 6.45) is 4.79. The normalized spacial score (nSPS) is 27.2. The maximum absolute atomic E-state index is 5.56. The van der Waals surface area contributed by atoms with Gasteiger partial charge in [0.1, 0.15) is 0 Å². The van der Waals surface area contributed by atoms with Crippen LogP contribution in [0.5, 0.6) is 0 Å². The summed E-state index contributed by atoms with van der Waals surface area (Å²) < 4.78 is 11.1. The molecule has 0 amide bonds. The fourth-order valence-electron chi connectivity index (χ4n) is 1.76. The van der Waals surface area contributed by atoms with Gasteiger partial charge >= 0.3 is 0 Å². The van der Waals surface area contributed by atoms with E-state index >= 15 is 0 Å². The average Bonchev–Trinajstić information content (AvgIpc) is 2.53. The highest BCUT2D eigenvalue weighted by Crippen LogP contribution is 2.35. The highest BCUT2D eigenvalue weighted by molar-refractivity contribution is 5.30.